The molecule has 1 aliphatic rings. The van der Waals surface area contributed by atoms with Gasteiger partial charge in [0.1, 0.15) is 12.2 Å². The number of hydrogen-bond acceptors (Lipinski definition) is 3. The minimum absolute atomic E-state index is 0.0950. The Kier molecular flexibility index (Phi) is 3.14. The van der Waals surface area contributed by atoms with E-state index in [0.717, 1.165) is 18.5 Å². The summed E-state index contributed by atoms with van der Waals surface area (Å²) in [6, 6.07) is 4.29. The molecule has 1 aliphatic carbocycles. The Balaban J connectivity index is 1.81. The number of rotatable bonds is 5. The van der Waals surface area contributed by atoms with E-state index in [1.807, 2.05) is 4.57 Å². The number of halogens is 1. The van der Waals surface area contributed by atoms with Crippen LogP contribution in [0.15, 0.2) is 30.7 Å². The third kappa shape index (κ3) is 2.36. The minimum Gasteiger partial charge on any atom is -0.483 e. The molecule has 6 heteroatoms. The first-order valence-electron chi connectivity index (χ1n) is 6.32. The van der Waals surface area contributed by atoms with E-state index >= 15 is 0 Å². The van der Waals surface area contributed by atoms with E-state index in [-0.39, 0.29) is 17.9 Å². The number of hydrogen-bond donors (Lipinski definition) is 1. The summed E-state index contributed by atoms with van der Waals surface area (Å²) in [6.07, 6.45) is 5.57. The average Bonchev–Trinajstić information content (AvgIpc) is 3.16. The molecule has 0 amide bonds. The Labute approximate surface area is 114 Å². The van der Waals surface area contributed by atoms with E-state index in [4.69, 9.17) is 9.84 Å². The van der Waals surface area contributed by atoms with E-state index in [1.54, 1.807) is 12.5 Å². The molecule has 0 spiro atoms. The lowest BCUT2D eigenvalue weighted by atomic mass is 10.2. The molecule has 1 fully saturated rings. The van der Waals surface area contributed by atoms with Crippen LogP contribution in [0.4, 0.5) is 4.39 Å². The molecule has 0 aliphatic heterocycles. The zero-order valence-electron chi connectivity index (χ0n) is 10.6. The van der Waals surface area contributed by atoms with E-state index in [0.29, 0.717) is 6.04 Å². The summed E-state index contributed by atoms with van der Waals surface area (Å²) in [5.41, 5.74) is 0.634. The molecule has 0 radical (unpaired) electrons. The topological polar surface area (TPSA) is 64.3 Å². The van der Waals surface area contributed by atoms with Crippen molar-refractivity contribution in [1.29, 1.82) is 0 Å². The molecule has 0 atom stereocenters. The second-order valence-corrected chi connectivity index (χ2v) is 4.73. The predicted octanol–water partition coefficient (Wildman–Crippen LogP) is 2.63. The van der Waals surface area contributed by atoms with Gasteiger partial charge in [-0.2, -0.15) is 0 Å². The summed E-state index contributed by atoms with van der Waals surface area (Å²) >= 11 is 0. The van der Waals surface area contributed by atoms with Crippen LogP contribution in [0.3, 0.4) is 0 Å². The highest BCUT2D eigenvalue weighted by atomic mass is 19.1. The first kappa shape index (κ1) is 12.7. The normalized spacial score (nSPS) is 14.2. The zero-order valence-corrected chi connectivity index (χ0v) is 10.6. The summed E-state index contributed by atoms with van der Waals surface area (Å²) in [5, 5.41) is 9.04. The van der Waals surface area contributed by atoms with Gasteiger partial charge in [-0.1, -0.05) is 6.07 Å². The number of carbonyl (C=O) groups is 1. The monoisotopic (exact) mass is 276 g/mol. The average molecular weight is 276 g/mol. The summed E-state index contributed by atoms with van der Waals surface area (Å²) in [5.74, 6) is -2.12. The van der Waals surface area contributed by atoms with Gasteiger partial charge in [0.2, 0.25) is 0 Å². The van der Waals surface area contributed by atoms with Crippen molar-refractivity contribution in [1.82, 2.24) is 9.55 Å². The van der Waals surface area contributed by atoms with Crippen molar-refractivity contribution in [3.8, 4) is 5.75 Å². The Bertz CT molecular complexity index is 650. The smallest absolute Gasteiger partial charge is 0.339 e. The molecule has 0 unspecified atom stereocenters. The van der Waals surface area contributed by atoms with Crippen molar-refractivity contribution < 1.29 is 19.0 Å². The van der Waals surface area contributed by atoms with Gasteiger partial charge in [0, 0.05) is 6.04 Å². The third-order valence-corrected chi connectivity index (χ3v) is 3.25. The Hall–Kier alpha value is -2.37. The molecule has 5 nitrogen and oxygen atoms in total. The van der Waals surface area contributed by atoms with Crippen molar-refractivity contribution in [2.24, 2.45) is 0 Å². The molecule has 0 bridgehead atoms. The molecule has 2 aromatic rings. The van der Waals surface area contributed by atoms with Crippen LogP contribution < -0.4 is 4.74 Å². The molecule has 1 aromatic carbocycles. The molecule has 20 heavy (non-hydrogen) atoms. The standard InChI is InChI=1S/C14H13FN2O3/c15-12-3-1-2-11(14(18)19)13(12)20-7-10-6-16-8-17(10)9-4-5-9/h1-3,6,8-9H,4-5,7H2,(H,18,19). The van der Waals surface area contributed by atoms with Crippen molar-refractivity contribution in [2.45, 2.75) is 25.5 Å². The fourth-order valence-electron chi connectivity index (χ4n) is 2.10. The van der Waals surface area contributed by atoms with Crippen molar-refractivity contribution >= 4 is 5.97 Å². The van der Waals surface area contributed by atoms with Gasteiger partial charge in [-0.3, -0.25) is 0 Å². The Morgan fingerprint density at radius 3 is 3.00 bits per heavy atom. The van der Waals surface area contributed by atoms with Gasteiger partial charge in [-0.15, -0.1) is 0 Å². The molecule has 3 rings (SSSR count). The first-order valence-corrected chi connectivity index (χ1v) is 6.32. The lowest BCUT2D eigenvalue weighted by molar-refractivity contribution is 0.0690. The van der Waals surface area contributed by atoms with Crippen LogP contribution in [-0.2, 0) is 6.61 Å². The lowest BCUT2D eigenvalue weighted by Crippen LogP contribution is -2.08. The Morgan fingerprint density at radius 1 is 1.50 bits per heavy atom. The predicted molar refractivity (Wildman–Crippen MR) is 68.2 cm³/mol. The van der Waals surface area contributed by atoms with Crippen molar-refractivity contribution in [3.05, 3.63) is 47.8 Å². The molecule has 1 saturated carbocycles. The molecule has 0 saturated heterocycles. The van der Waals surface area contributed by atoms with Gasteiger partial charge in [0.25, 0.3) is 0 Å². The van der Waals surface area contributed by atoms with Crippen LogP contribution in [0, 0.1) is 5.82 Å². The van der Waals surface area contributed by atoms with Gasteiger partial charge in [0.15, 0.2) is 11.6 Å². The maximum absolute atomic E-state index is 13.7. The number of ether oxygens (including phenoxy) is 1. The van der Waals surface area contributed by atoms with Crippen LogP contribution in [-0.4, -0.2) is 20.6 Å². The Morgan fingerprint density at radius 2 is 2.30 bits per heavy atom. The fraction of sp³-hybridized carbons (Fsp3) is 0.286. The van der Waals surface area contributed by atoms with Crippen molar-refractivity contribution in [3.63, 3.8) is 0 Å². The highest BCUT2D eigenvalue weighted by molar-refractivity contribution is 5.90. The number of imidazole rings is 1. The maximum atomic E-state index is 13.7. The molecular weight excluding hydrogens is 263 g/mol. The van der Waals surface area contributed by atoms with Crippen LogP contribution in [0.5, 0.6) is 5.75 Å². The van der Waals surface area contributed by atoms with Crippen LogP contribution in [0.2, 0.25) is 0 Å². The van der Waals surface area contributed by atoms with Gasteiger partial charge in [0.05, 0.1) is 18.2 Å². The van der Waals surface area contributed by atoms with Gasteiger partial charge in [-0.25, -0.2) is 14.2 Å². The van der Waals surface area contributed by atoms with Crippen LogP contribution in [0.25, 0.3) is 0 Å². The SMILES string of the molecule is O=C(O)c1cccc(F)c1OCc1cncn1C1CC1. The summed E-state index contributed by atoms with van der Waals surface area (Å²) in [7, 11) is 0. The molecule has 1 aromatic heterocycles. The van der Waals surface area contributed by atoms with E-state index < -0.39 is 11.8 Å². The lowest BCUT2D eigenvalue weighted by Gasteiger charge is -2.11. The largest absolute Gasteiger partial charge is 0.483 e. The second kappa shape index (κ2) is 4.96. The quantitative estimate of drug-likeness (QED) is 0.911. The molecule has 104 valence electrons. The number of para-hydroxylation sites is 1. The van der Waals surface area contributed by atoms with Crippen LogP contribution in [0.1, 0.15) is 34.9 Å². The first-order chi connectivity index (χ1) is 9.66. The minimum atomic E-state index is -1.21. The molecule has 1 heterocycles. The zero-order chi connectivity index (χ0) is 14.1. The van der Waals surface area contributed by atoms with E-state index in [1.165, 1.54) is 18.2 Å². The highest BCUT2D eigenvalue weighted by Crippen LogP contribution is 2.36. The van der Waals surface area contributed by atoms with E-state index in [9.17, 15) is 9.18 Å². The number of benzene rings is 1. The van der Waals surface area contributed by atoms with Gasteiger partial charge < -0.3 is 14.4 Å². The fourth-order valence-corrected chi connectivity index (χ4v) is 2.10. The highest BCUT2D eigenvalue weighted by Gasteiger charge is 2.25. The van der Waals surface area contributed by atoms with Crippen LogP contribution >= 0.6 is 0 Å². The summed E-state index contributed by atoms with van der Waals surface area (Å²) in [4.78, 5) is 15.1. The number of carboxylic acid groups (broad SMARTS) is 1. The van der Waals surface area contributed by atoms with Crippen molar-refractivity contribution in [2.75, 3.05) is 0 Å². The van der Waals surface area contributed by atoms with E-state index in [2.05, 4.69) is 4.98 Å². The van der Waals surface area contributed by atoms with Gasteiger partial charge >= 0.3 is 5.97 Å². The second-order valence-electron chi connectivity index (χ2n) is 4.73. The van der Waals surface area contributed by atoms with Gasteiger partial charge in [-0.05, 0) is 25.0 Å². The molecular formula is C14H13FN2O3. The number of aromatic nitrogens is 2. The number of nitrogens with zero attached hydrogens (tertiary/aromatic N) is 2. The molecule has 1 N–H and O–H groups in total. The maximum Gasteiger partial charge on any atom is 0.339 e. The number of aromatic carboxylic acids is 1. The number of carboxylic acids is 1. The third-order valence-electron chi connectivity index (χ3n) is 3.25. The summed E-state index contributed by atoms with van der Waals surface area (Å²) < 4.78 is 21.1. The summed E-state index contributed by atoms with van der Waals surface area (Å²) in [6.45, 7) is 0.0950.